The minimum absolute atomic E-state index is 0.0890. The Morgan fingerprint density at radius 2 is 1.77 bits per heavy atom. The Hall–Kier alpha value is -3.40. The Morgan fingerprint density at radius 1 is 1.10 bits per heavy atom. The Balaban J connectivity index is 1.68. The van der Waals surface area contributed by atoms with Crippen LogP contribution in [-0.4, -0.2) is 48.9 Å². The Labute approximate surface area is 181 Å². The van der Waals surface area contributed by atoms with Crippen molar-refractivity contribution in [3.63, 3.8) is 0 Å². The van der Waals surface area contributed by atoms with Crippen LogP contribution in [0.5, 0.6) is 5.75 Å². The van der Waals surface area contributed by atoms with Gasteiger partial charge in [0.05, 0.1) is 11.3 Å². The smallest absolute Gasteiger partial charge is 0.264 e. The molecule has 0 aromatic heterocycles. The highest BCUT2D eigenvalue weighted by Gasteiger charge is 2.32. The first-order valence-electron chi connectivity index (χ1n) is 10.3. The van der Waals surface area contributed by atoms with E-state index in [9.17, 15) is 19.2 Å². The molecule has 1 amide bonds. The highest BCUT2D eigenvalue weighted by atomic mass is 19.1. The number of amides is 1. The second-order valence-electron chi connectivity index (χ2n) is 7.93. The number of ether oxygens (including phenoxy) is 1. The first-order valence-corrected chi connectivity index (χ1v) is 10.3. The minimum atomic E-state index is -0.715. The largest absolute Gasteiger partial charge is 0.479 e. The number of nitrogens with zero attached hydrogens (tertiary/aromatic N) is 3. The van der Waals surface area contributed by atoms with Gasteiger partial charge in [-0.2, -0.15) is 5.26 Å². The monoisotopic (exact) mass is 423 g/mol. The Morgan fingerprint density at radius 3 is 2.35 bits per heavy atom. The lowest BCUT2D eigenvalue weighted by Crippen LogP contribution is -2.53. The van der Waals surface area contributed by atoms with Gasteiger partial charge in [-0.05, 0) is 43.2 Å². The summed E-state index contributed by atoms with van der Waals surface area (Å²) in [6.07, 6.45) is -0.715. The van der Waals surface area contributed by atoms with Crippen molar-refractivity contribution in [2.75, 3.05) is 31.1 Å². The standard InChI is InChI=1S/C24H26FN3O3/c1-16(2)23(31-22-7-5-4-6-19(22)15-26)24(30)28-12-10-27(11-13-28)21-9-8-18(17(3)29)14-20(21)25/h4-9,14,16,23H,10-13H2,1-3H3. The zero-order valence-corrected chi connectivity index (χ0v) is 18.0. The molecule has 1 aliphatic heterocycles. The van der Waals surface area contributed by atoms with Gasteiger partial charge in [0.2, 0.25) is 0 Å². The molecule has 1 saturated heterocycles. The van der Waals surface area contributed by atoms with Crippen LogP contribution >= 0.6 is 0 Å². The van der Waals surface area contributed by atoms with E-state index in [-0.39, 0.29) is 17.6 Å². The number of hydrogen-bond donors (Lipinski definition) is 0. The summed E-state index contributed by atoms with van der Waals surface area (Å²) in [5.41, 5.74) is 1.15. The first-order chi connectivity index (χ1) is 14.8. The SMILES string of the molecule is CC(=O)c1ccc(N2CCN(C(=O)C(Oc3ccccc3C#N)C(C)C)CC2)c(F)c1. The van der Waals surface area contributed by atoms with Gasteiger partial charge in [0, 0.05) is 31.7 Å². The van der Waals surface area contributed by atoms with E-state index >= 15 is 0 Å². The van der Waals surface area contributed by atoms with E-state index in [1.165, 1.54) is 13.0 Å². The number of rotatable bonds is 6. The van der Waals surface area contributed by atoms with Gasteiger partial charge >= 0.3 is 0 Å². The number of benzene rings is 2. The van der Waals surface area contributed by atoms with Crippen LogP contribution in [0.3, 0.4) is 0 Å². The number of carbonyl (C=O) groups excluding carboxylic acids is 2. The molecule has 0 N–H and O–H groups in total. The molecule has 1 heterocycles. The van der Waals surface area contributed by atoms with Crippen molar-refractivity contribution in [1.82, 2.24) is 4.90 Å². The fourth-order valence-corrected chi connectivity index (χ4v) is 3.60. The molecule has 0 bridgehead atoms. The predicted molar refractivity (Wildman–Crippen MR) is 116 cm³/mol. The molecule has 7 heteroatoms. The molecule has 0 radical (unpaired) electrons. The topological polar surface area (TPSA) is 73.6 Å². The molecule has 3 rings (SSSR count). The molecule has 162 valence electrons. The van der Waals surface area contributed by atoms with E-state index in [0.717, 1.165) is 0 Å². The van der Waals surface area contributed by atoms with E-state index in [1.54, 1.807) is 41.3 Å². The van der Waals surface area contributed by atoms with Gasteiger partial charge in [0.1, 0.15) is 17.6 Å². The molecule has 0 spiro atoms. The molecule has 0 saturated carbocycles. The van der Waals surface area contributed by atoms with Gasteiger partial charge in [-0.25, -0.2) is 4.39 Å². The lowest BCUT2D eigenvalue weighted by molar-refractivity contribution is -0.141. The van der Waals surface area contributed by atoms with Crippen molar-refractivity contribution in [3.8, 4) is 11.8 Å². The van der Waals surface area contributed by atoms with Crippen LogP contribution < -0.4 is 9.64 Å². The molecule has 6 nitrogen and oxygen atoms in total. The summed E-state index contributed by atoms with van der Waals surface area (Å²) in [5.74, 6) is -0.463. The van der Waals surface area contributed by atoms with Crippen LogP contribution in [0.2, 0.25) is 0 Å². The minimum Gasteiger partial charge on any atom is -0.479 e. The number of halogens is 1. The van der Waals surface area contributed by atoms with Gasteiger partial charge < -0.3 is 14.5 Å². The first kappa shape index (κ1) is 22.3. The lowest BCUT2D eigenvalue weighted by Gasteiger charge is -2.38. The third-order valence-corrected chi connectivity index (χ3v) is 5.40. The average Bonchev–Trinajstić information content (AvgIpc) is 2.77. The predicted octanol–water partition coefficient (Wildman–Crippen LogP) is 3.65. The number of ketones is 1. The fraction of sp³-hybridized carbons (Fsp3) is 0.375. The van der Waals surface area contributed by atoms with Crippen LogP contribution in [0.15, 0.2) is 42.5 Å². The zero-order valence-electron chi connectivity index (χ0n) is 18.0. The fourth-order valence-electron chi connectivity index (χ4n) is 3.60. The van der Waals surface area contributed by atoms with Gasteiger partial charge in [0.15, 0.2) is 11.9 Å². The van der Waals surface area contributed by atoms with Crippen LogP contribution in [0.4, 0.5) is 10.1 Å². The van der Waals surface area contributed by atoms with E-state index < -0.39 is 11.9 Å². The Kier molecular flexibility index (Phi) is 6.91. The van der Waals surface area contributed by atoms with E-state index in [2.05, 4.69) is 6.07 Å². The van der Waals surface area contributed by atoms with Gasteiger partial charge in [-0.1, -0.05) is 26.0 Å². The third-order valence-electron chi connectivity index (χ3n) is 5.40. The van der Waals surface area contributed by atoms with Crippen LogP contribution in [-0.2, 0) is 4.79 Å². The van der Waals surface area contributed by atoms with Crippen LogP contribution in [0.25, 0.3) is 0 Å². The van der Waals surface area contributed by atoms with Crippen molar-refractivity contribution in [2.24, 2.45) is 5.92 Å². The maximum Gasteiger partial charge on any atom is 0.264 e. The van der Waals surface area contributed by atoms with E-state index in [0.29, 0.717) is 48.7 Å². The summed E-state index contributed by atoms with van der Waals surface area (Å²) in [6.45, 7) is 7.02. The molecular weight excluding hydrogens is 397 g/mol. The third kappa shape index (κ3) is 5.02. The maximum atomic E-state index is 14.5. The van der Waals surface area contributed by atoms with Gasteiger partial charge in [-0.3, -0.25) is 9.59 Å². The number of hydrogen-bond acceptors (Lipinski definition) is 5. The quantitative estimate of drug-likeness (QED) is 0.663. The highest BCUT2D eigenvalue weighted by Crippen LogP contribution is 2.25. The van der Waals surface area contributed by atoms with Crippen LogP contribution in [0.1, 0.15) is 36.7 Å². The summed E-state index contributed by atoms with van der Waals surface area (Å²) in [6, 6.07) is 13.4. The molecular formula is C24H26FN3O3. The van der Waals surface area contributed by atoms with Crippen LogP contribution in [0, 0.1) is 23.1 Å². The normalized spacial score (nSPS) is 14.8. The molecule has 2 aromatic rings. The summed E-state index contributed by atoms with van der Waals surface area (Å²) in [7, 11) is 0. The maximum absolute atomic E-state index is 14.5. The molecule has 31 heavy (non-hydrogen) atoms. The van der Waals surface area contributed by atoms with Gasteiger partial charge in [0.25, 0.3) is 5.91 Å². The van der Waals surface area contributed by atoms with Crippen molar-refractivity contribution in [1.29, 1.82) is 5.26 Å². The van der Waals surface area contributed by atoms with Gasteiger partial charge in [-0.15, -0.1) is 0 Å². The Bertz CT molecular complexity index is 1010. The molecule has 1 fully saturated rings. The second kappa shape index (κ2) is 9.61. The number of anilines is 1. The van der Waals surface area contributed by atoms with Crippen molar-refractivity contribution >= 4 is 17.4 Å². The summed E-state index contributed by atoms with van der Waals surface area (Å²) >= 11 is 0. The zero-order chi connectivity index (χ0) is 22.5. The van der Waals surface area contributed by atoms with E-state index in [1.807, 2.05) is 18.7 Å². The van der Waals surface area contributed by atoms with Crippen molar-refractivity contribution < 1.29 is 18.7 Å². The summed E-state index contributed by atoms with van der Waals surface area (Å²) in [4.78, 5) is 28.2. The second-order valence-corrected chi connectivity index (χ2v) is 7.93. The number of Topliss-reactive ketones (excluding diaryl/α,β-unsaturated/α-hetero) is 1. The molecule has 2 aromatic carbocycles. The highest BCUT2D eigenvalue weighted by molar-refractivity contribution is 5.94. The number of piperazine rings is 1. The molecule has 1 unspecified atom stereocenters. The van der Waals surface area contributed by atoms with Crippen molar-refractivity contribution in [2.45, 2.75) is 26.9 Å². The molecule has 1 atom stereocenters. The summed E-state index contributed by atoms with van der Waals surface area (Å²) in [5, 5.41) is 9.28. The number of para-hydroxylation sites is 1. The van der Waals surface area contributed by atoms with E-state index in [4.69, 9.17) is 4.74 Å². The number of carbonyl (C=O) groups is 2. The number of nitriles is 1. The molecule has 0 aliphatic carbocycles. The average molecular weight is 423 g/mol. The molecule has 1 aliphatic rings. The summed E-state index contributed by atoms with van der Waals surface area (Å²) < 4.78 is 20.4. The van der Waals surface area contributed by atoms with Crippen molar-refractivity contribution in [3.05, 3.63) is 59.4 Å². The lowest BCUT2D eigenvalue weighted by atomic mass is 10.0.